The van der Waals surface area contributed by atoms with E-state index in [0.717, 1.165) is 48.2 Å². The summed E-state index contributed by atoms with van der Waals surface area (Å²) < 4.78 is 14.2. The van der Waals surface area contributed by atoms with Crippen LogP contribution in [0.2, 0.25) is 0 Å². The van der Waals surface area contributed by atoms with E-state index in [0.29, 0.717) is 24.2 Å². The van der Waals surface area contributed by atoms with Crippen LogP contribution in [0, 0.1) is 0 Å². The number of ether oxygens (including phenoxy) is 2. The Morgan fingerprint density at radius 1 is 1.12 bits per heavy atom. The third-order valence-electron chi connectivity index (χ3n) is 5.55. The maximum atomic E-state index is 12.9. The molecule has 2 aliphatic heterocycles. The number of aromatic nitrogens is 3. The van der Waals surface area contributed by atoms with E-state index in [-0.39, 0.29) is 11.2 Å². The topological polar surface area (TPSA) is 78.6 Å². The summed E-state index contributed by atoms with van der Waals surface area (Å²) in [6, 6.07) is 0. The highest BCUT2D eigenvalue weighted by Crippen LogP contribution is 2.36. The zero-order valence-electron chi connectivity index (χ0n) is 15.4. The van der Waals surface area contributed by atoms with Crippen molar-refractivity contribution < 1.29 is 9.47 Å². The van der Waals surface area contributed by atoms with Crippen LogP contribution in [-0.4, -0.2) is 46.2 Å². The largest absolute Gasteiger partial charge is 0.370 e. The standard InChI is InChI=1S/C18H24N4O4/c1-4-12-11-19-15-13(16(23)21(3)17(24)20(15)2)14(12)22-7-5-18(6-8-22)25-9-10-26-18/h11H,4-10H2,1-3H3. The fourth-order valence-electron chi connectivity index (χ4n) is 4.03. The molecule has 8 heteroatoms. The van der Waals surface area contributed by atoms with E-state index in [4.69, 9.17) is 9.47 Å². The Labute approximate surface area is 151 Å². The van der Waals surface area contributed by atoms with Crippen LogP contribution >= 0.6 is 0 Å². The molecule has 0 bridgehead atoms. The van der Waals surface area contributed by atoms with Gasteiger partial charge in [0.05, 0.1) is 18.9 Å². The van der Waals surface area contributed by atoms with E-state index in [1.807, 2.05) is 6.92 Å². The maximum Gasteiger partial charge on any atom is 0.332 e. The van der Waals surface area contributed by atoms with Crippen molar-refractivity contribution in [2.45, 2.75) is 32.0 Å². The molecule has 26 heavy (non-hydrogen) atoms. The molecule has 0 aliphatic carbocycles. The van der Waals surface area contributed by atoms with Gasteiger partial charge in [-0.3, -0.25) is 13.9 Å². The normalized spacial score (nSPS) is 19.6. The van der Waals surface area contributed by atoms with Crippen molar-refractivity contribution in [3.8, 4) is 0 Å². The molecule has 2 fully saturated rings. The molecule has 0 aromatic carbocycles. The first-order valence-corrected chi connectivity index (χ1v) is 9.08. The Kier molecular flexibility index (Phi) is 4.11. The first-order chi connectivity index (χ1) is 12.5. The molecule has 2 aromatic heterocycles. The number of aryl methyl sites for hydroxylation is 2. The van der Waals surface area contributed by atoms with Crippen molar-refractivity contribution in [3.05, 3.63) is 32.6 Å². The second-order valence-electron chi connectivity index (χ2n) is 6.98. The highest BCUT2D eigenvalue weighted by atomic mass is 16.7. The molecule has 0 atom stereocenters. The van der Waals surface area contributed by atoms with Crippen LogP contribution < -0.4 is 16.1 Å². The predicted octanol–water partition coefficient (Wildman–Crippen LogP) is 0.538. The molecular weight excluding hydrogens is 336 g/mol. The predicted molar refractivity (Wildman–Crippen MR) is 97.7 cm³/mol. The smallest absolute Gasteiger partial charge is 0.332 e. The van der Waals surface area contributed by atoms with Crippen LogP contribution in [0.25, 0.3) is 11.0 Å². The summed E-state index contributed by atoms with van der Waals surface area (Å²) >= 11 is 0. The lowest BCUT2D eigenvalue weighted by Gasteiger charge is -2.39. The molecule has 0 N–H and O–H groups in total. The van der Waals surface area contributed by atoms with Crippen LogP contribution in [0.15, 0.2) is 15.8 Å². The van der Waals surface area contributed by atoms with Crippen LogP contribution in [0.5, 0.6) is 0 Å². The van der Waals surface area contributed by atoms with Gasteiger partial charge in [-0.15, -0.1) is 0 Å². The van der Waals surface area contributed by atoms with Gasteiger partial charge in [0.15, 0.2) is 11.4 Å². The second-order valence-corrected chi connectivity index (χ2v) is 6.98. The van der Waals surface area contributed by atoms with Crippen LogP contribution in [0.4, 0.5) is 5.69 Å². The lowest BCUT2D eigenvalue weighted by atomic mass is 10.0. The number of anilines is 1. The average molecular weight is 360 g/mol. The number of rotatable bonds is 2. The minimum atomic E-state index is -0.469. The van der Waals surface area contributed by atoms with Gasteiger partial charge in [-0.2, -0.15) is 0 Å². The van der Waals surface area contributed by atoms with Gasteiger partial charge in [0.25, 0.3) is 5.56 Å². The summed E-state index contributed by atoms with van der Waals surface area (Å²) in [6.07, 6.45) is 4.06. The van der Waals surface area contributed by atoms with Gasteiger partial charge in [0, 0.05) is 46.2 Å². The lowest BCUT2D eigenvalue weighted by molar-refractivity contribution is -0.169. The van der Waals surface area contributed by atoms with E-state index in [1.165, 1.54) is 11.6 Å². The van der Waals surface area contributed by atoms with Crippen molar-refractivity contribution in [1.29, 1.82) is 0 Å². The minimum absolute atomic E-state index is 0.297. The van der Waals surface area contributed by atoms with Gasteiger partial charge in [0.2, 0.25) is 0 Å². The molecule has 0 amide bonds. The number of pyridine rings is 1. The molecule has 140 valence electrons. The summed E-state index contributed by atoms with van der Waals surface area (Å²) in [5, 5.41) is 0.512. The average Bonchev–Trinajstić information content (AvgIpc) is 3.12. The van der Waals surface area contributed by atoms with E-state index >= 15 is 0 Å². The fraction of sp³-hybridized carbons (Fsp3) is 0.611. The van der Waals surface area contributed by atoms with Crippen molar-refractivity contribution in [1.82, 2.24) is 14.1 Å². The quantitative estimate of drug-likeness (QED) is 0.778. The Balaban J connectivity index is 1.86. The van der Waals surface area contributed by atoms with Crippen LogP contribution in [-0.2, 0) is 30.0 Å². The van der Waals surface area contributed by atoms with E-state index in [2.05, 4.69) is 9.88 Å². The minimum Gasteiger partial charge on any atom is -0.370 e. The molecular formula is C18H24N4O4. The first kappa shape index (κ1) is 17.2. The van der Waals surface area contributed by atoms with Gasteiger partial charge in [0.1, 0.15) is 5.39 Å². The van der Waals surface area contributed by atoms with Gasteiger partial charge in [-0.1, -0.05) is 6.92 Å². The van der Waals surface area contributed by atoms with Crippen molar-refractivity contribution in [2.24, 2.45) is 14.1 Å². The van der Waals surface area contributed by atoms with Crippen molar-refractivity contribution >= 4 is 16.7 Å². The Bertz CT molecular complexity index is 962. The summed E-state index contributed by atoms with van der Waals surface area (Å²) in [5.41, 5.74) is 1.67. The van der Waals surface area contributed by atoms with Crippen LogP contribution in [0.1, 0.15) is 25.3 Å². The molecule has 2 aliphatic rings. The molecule has 8 nitrogen and oxygen atoms in total. The van der Waals surface area contributed by atoms with Gasteiger partial charge < -0.3 is 14.4 Å². The molecule has 0 saturated carbocycles. The summed E-state index contributed by atoms with van der Waals surface area (Å²) in [7, 11) is 3.16. The maximum absolute atomic E-state index is 12.9. The highest BCUT2D eigenvalue weighted by Gasteiger charge is 2.40. The monoisotopic (exact) mass is 360 g/mol. The Morgan fingerprint density at radius 2 is 1.77 bits per heavy atom. The zero-order chi connectivity index (χ0) is 18.5. The highest BCUT2D eigenvalue weighted by molar-refractivity contribution is 5.90. The molecule has 2 aromatic rings. The third kappa shape index (κ3) is 2.47. The van der Waals surface area contributed by atoms with Crippen LogP contribution in [0.3, 0.4) is 0 Å². The summed E-state index contributed by atoms with van der Waals surface area (Å²) in [5.74, 6) is -0.469. The van der Waals surface area contributed by atoms with Crippen molar-refractivity contribution in [2.75, 3.05) is 31.2 Å². The lowest BCUT2D eigenvalue weighted by Crippen LogP contribution is -2.46. The number of hydrogen-bond donors (Lipinski definition) is 0. The SMILES string of the molecule is CCc1cnc2c(c1N1CCC3(CC1)OCCO3)c(=O)n(C)c(=O)n2C. The fourth-order valence-corrected chi connectivity index (χ4v) is 4.03. The van der Waals surface area contributed by atoms with Gasteiger partial charge in [-0.25, -0.2) is 9.78 Å². The second kappa shape index (κ2) is 6.21. The van der Waals surface area contributed by atoms with E-state index < -0.39 is 5.79 Å². The van der Waals surface area contributed by atoms with Crippen molar-refractivity contribution in [3.63, 3.8) is 0 Å². The third-order valence-corrected chi connectivity index (χ3v) is 5.55. The first-order valence-electron chi connectivity index (χ1n) is 9.08. The number of nitrogens with zero attached hydrogens (tertiary/aromatic N) is 4. The molecule has 4 heterocycles. The number of fused-ring (bicyclic) bond motifs is 1. The molecule has 2 saturated heterocycles. The number of hydrogen-bond acceptors (Lipinski definition) is 6. The molecule has 1 spiro atoms. The number of piperidine rings is 1. The zero-order valence-corrected chi connectivity index (χ0v) is 15.4. The Hall–Kier alpha value is -2.19. The van der Waals surface area contributed by atoms with E-state index in [9.17, 15) is 9.59 Å². The van der Waals surface area contributed by atoms with Gasteiger partial charge >= 0.3 is 5.69 Å². The Morgan fingerprint density at radius 3 is 2.38 bits per heavy atom. The molecule has 0 unspecified atom stereocenters. The summed E-state index contributed by atoms with van der Waals surface area (Å²) in [6.45, 7) is 4.80. The molecule has 0 radical (unpaired) electrons. The summed E-state index contributed by atoms with van der Waals surface area (Å²) in [4.78, 5) is 31.8. The van der Waals surface area contributed by atoms with E-state index in [1.54, 1.807) is 13.2 Å². The van der Waals surface area contributed by atoms with Gasteiger partial charge in [-0.05, 0) is 12.0 Å². The molecule has 4 rings (SSSR count).